The monoisotopic (exact) mass is 143 g/mol. The lowest BCUT2D eigenvalue weighted by atomic mass is 10.1. The highest BCUT2D eigenvalue weighted by Gasteiger charge is 2.24. The summed E-state index contributed by atoms with van der Waals surface area (Å²) < 4.78 is 0.844. The Bertz CT molecular complexity index is 89.9. The molecule has 2 nitrogen and oxygen atoms in total. The maximum atomic E-state index is 6.11. The molecule has 0 saturated carbocycles. The molecule has 0 aromatic carbocycles. The molecule has 0 atom stereocenters. The Morgan fingerprint density at radius 1 is 1.20 bits per heavy atom. The summed E-state index contributed by atoms with van der Waals surface area (Å²) in [4.78, 5) is 0. The van der Waals surface area contributed by atoms with Gasteiger partial charge in [-0.2, -0.15) is 5.84 Å². The molecule has 2 N–H and O–H groups in total. The Kier molecular flexibility index (Phi) is 2.69. The van der Waals surface area contributed by atoms with Crippen LogP contribution in [0.4, 0.5) is 0 Å². The van der Waals surface area contributed by atoms with Gasteiger partial charge in [0.25, 0.3) is 0 Å². The van der Waals surface area contributed by atoms with Crippen molar-refractivity contribution in [3.63, 3.8) is 0 Å². The summed E-state index contributed by atoms with van der Waals surface area (Å²) in [5, 5.41) is 0. The Labute approximate surface area is 63.6 Å². The number of likely N-dealkylation sites (tertiary alicyclic amines) is 1. The lowest BCUT2D eigenvalue weighted by Crippen LogP contribution is -2.57. The molecule has 10 heavy (non-hydrogen) atoms. The predicted octanol–water partition coefficient (Wildman–Crippen LogP) is 1.27. The van der Waals surface area contributed by atoms with Gasteiger partial charge in [-0.05, 0) is 25.7 Å². The molecular formula is C8H19N2+. The van der Waals surface area contributed by atoms with Gasteiger partial charge in [0.1, 0.15) is 0 Å². The minimum atomic E-state index is 0.844. The number of piperidine rings is 1. The molecule has 1 aliphatic rings. The van der Waals surface area contributed by atoms with E-state index in [4.69, 9.17) is 5.84 Å². The van der Waals surface area contributed by atoms with Gasteiger partial charge < -0.3 is 0 Å². The molecule has 1 saturated heterocycles. The predicted molar refractivity (Wildman–Crippen MR) is 43.2 cm³/mol. The van der Waals surface area contributed by atoms with Gasteiger partial charge in [0.05, 0.1) is 19.6 Å². The average Bonchev–Trinajstić information content (AvgIpc) is 1.89. The van der Waals surface area contributed by atoms with E-state index in [0.717, 1.165) is 4.59 Å². The van der Waals surface area contributed by atoms with Crippen LogP contribution < -0.4 is 5.84 Å². The molecule has 1 fully saturated rings. The number of rotatable bonds is 2. The highest BCUT2D eigenvalue weighted by molar-refractivity contribution is 4.49. The van der Waals surface area contributed by atoms with E-state index in [1.54, 1.807) is 0 Å². The number of quaternary nitrogens is 1. The lowest BCUT2D eigenvalue weighted by molar-refractivity contribution is -0.944. The minimum absolute atomic E-state index is 0.844. The number of hydrogen-bond acceptors (Lipinski definition) is 1. The number of hydrogen-bond donors (Lipinski definition) is 1. The molecule has 2 heteroatoms. The van der Waals surface area contributed by atoms with E-state index in [9.17, 15) is 0 Å². The van der Waals surface area contributed by atoms with Crippen molar-refractivity contribution >= 4 is 0 Å². The van der Waals surface area contributed by atoms with Crippen LogP contribution in [0, 0.1) is 0 Å². The van der Waals surface area contributed by atoms with E-state index in [-0.39, 0.29) is 0 Å². The number of nitrogens with two attached hydrogens (primary N) is 1. The van der Waals surface area contributed by atoms with Crippen LogP contribution in [0.15, 0.2) is 0 Å². The maximum absolute atomic E-state index is 6.11. The van der Waals surface area contributed by atoms with E-state index < -0.39 is 0 Å². The van der Waals surface area contributed by atoms with Crippen molar-refractivity contribution in [2.24, 2.45) is 5.84 Å². The largest absolute Gasteiger partial charge is 0.248 e. The summed E-state index contributed by atoms with van der Waals surface area (Å²) in [6, 6.07) is 0. The molecule has 0 spiro atoms. The van der Waals surface area contributed by atoms with Gasteiger partial charge in [-0.25, -0.2) is 4.59 Å². The van der Waals surface area contributed by atoms with E-state index in [0.29, 0.717) is 0 Å². The van der Waals surface area contributed by atoms with Crippen molar-refractivity contribution in [1.29, 1.82) is 0 Å². The standard InChI is InChI=1S/C8H19N2/c1-2-6-10(9)7-4-3-5-8-10/h2-9H2,1H3/q+1. The van der Waals surface area contributed by atoms with Crippen molar-refractivity contribution in [2.75, 3.05) is 19.6 Å². The van der Waals surface area contributed by atoms with E-state index in [1.165, 1.54) is 45.3 Å². The van der Waals surface area contributed by atoms with Crippen LogP contribution in [0.25, 0.3) is 0 Å². The Morgan fingerprint density at radius 3 is 2.30 bits per heavy atom. The molecule has 0 amide bonds. The third kappa shape index (κ3) is 1.96. The average molecular weight is 143 g/mol. The first-order valence-electron chi connectivity index (χ1n) is 4.41. The fourth-order valence-electron chi connectivity index (χ4n) is 1.81. The highest BCUT2D eigenvalue weighted by Crippen LogP contribution is 2.13. The van der Waals surface area contributed by atoms with Crippen LogP contribution in [0.3, 0.4) is 0 Å². The quantitative estimate of drug-likeness (QED) is 0.457. The summed E-state index contributed by atoms with van der Waals surface area (Å²) in [7, 11) is 0. The van der Waals surface area contributed by atoms with Crippen LogP contribution in [0.5, 0.6) is 0 Å². The molecule has 0 aromatic rings. The van der Waals surface area contributed by atoms with Gasteiger partial charge in [0, 0.05) is 0 Å². The normalized spacial score (nSPS) is 24.6. The third-order valence-electron chi connectivity index (χ3n) is 2.38. The minimum Gasteiger partial charge on any atom is -0.248 e. The van der Waals surface area contributed by atoms with Crippen molar-refractivity contribution in [1.82, 2.24) is 0 Å². The zero-order valence-electron chi connectivity index (χ0n) is 6.97. The van der Waals surface area contributed by atoms with Crippen LogP contribution in [-0.2, 0) is 0 Å². The molecule has 0 aromatic heterocycles. The lowest BCUT2D eigenvalue weighted by Gasteiger charge is -2.35. The molecule has 0 aliphatic carbocycles. The SMILES string of the molecule is CCC[N+]1(N)CCCCC1. The Morgan fingerprint density at radius 2 is 1.80 bits per heavy atom. The van der Waals surface area contributed by atoms with Gasteiger partial charge >= 0.3 is 0 Å². The summed E-state index contributed by atoms with van der Waals surface area (Å²) in [6.07, 6.45) is 5.27. The second-order valence-corrected chi connectivity index (χ2v) is 3.45. The van der Waals surface area contributed by atoms with E-state index in [2.05, 4.69) is 6.92 Å². The summed E-state index contributed by atoms with van der Waals surface area (Å²) in [5.41, 5.74) is 0. The first-order chi connectivity index (χ1) is 4.77. The molecule has 60 valence electrons. The molecule has 1 aliphatic heterocycles. The van der Waals surface area contributed by atoms with Gasteiger partial charge in [-0.15, -0.1) is 0 Å². The molecule has 0 radical (unpaired) electrons. The fourth-order valence-corrected chi connectivity index (χ4v) is 1.81. The second kappa shape index (κ2) is 3.35. The van der Waals surface area contributed by atoms with Gasteiger partial charge in [0.2, 0.25) is 0 Å². The first kappa shape index (κ1) is 8.02. The molecule has 0 unspecified atom stereocenters. The van der Waals surface area contributed by atoms with Crippen LogP contribution >= 0.6 is 0 Å². The molecule has 1 rings (SSSR count). The zero-order chi connectivity index (χ0) is 7.45. The fraction of sp³-hybridized carbons (Fsp3) is 1.00. The van der Waals surface area contributed by atoms with Crippen LogP contribution in [0.1, 0.15) is 32.6 Å². The highest BCUT2D eigenvalue weighted by atomic mass is 15.6. The maximum Gasteiger partial charge on any atom is 0.0960 e. The van der Waals surface area contributed by atoms with Gasteiger partial charge in [0.15, 0.2) is 0 Å². The third-order valence-corrected chi connectivity index (χ3v) is 2.38. The smallest absolute Gasteiger partial charge is 0.0960 e. The van der Waals surface area contributed by atoms with Crippen LogP contribution in [-0.4, -0.2) is 24.2 Å². The summed E-state index contributed by atoms with van der Waals surface area (Å²) in [6.45, 7) is 5.78. The van der Waals surface area contributed by atoms with Crippen molar-refractivity contribution < 1.29 is 4.59 Å². The zero-order valence-corrected chi connectivity index (χ0v) is 6.97. The van der Waals surface area contributed by atoms with Crippen molar-refractivity contribution in [3.05, 3.63) is 0 Å². The number of nitrogens with zero attached hydrogens (tertiary/aromatic N) is 1. The van der Waals surface area contributed by atoms with E-state index >= 15 is 0 Å². The van der Waals surface area contributed by atoms with Crippen molar-refractivity contribution in [2.45, 2.75) is 32.6 Å². The summed E-state index contributed by atoms with van der Waals surface area (Å²) in [5.74, 6) is 6.11. The first-order valence-corrected chi connectivity index (χ1v) is 4.41. The Balaban J connectivity index is 2.32. The summed E-state index contributed by atoms with van der Waals surface area (Å²) >= 11 is 0. The van der Waals surface area contributed by atoms with Crippen molar-refractivity contribution in [3.8, 4) is 0 Å². The second-order valence-electron chi connectivity index (χ2n) is 3.45. The molecular weight excluding hydrogens is 124 g/mol. The topological polar surface area (TPSA) is 26.0 Å². The molecule has 0 bridgehead atoms. The molecule has 1 heterocycles. The Hall–Kier alpha value is -0.0800. The van der Waals surface area contributed by atoms with E-state index in [1.807, 2.05) is 0 Å². The van der Waals surface area contributed by atoms with Crippen LogP contribution in [0.2, 0.25) is 0 Å². The van der Waals surface area contributed by atoms with Gasteiger partial charge in [-0.1, -0.05) is 6.92 Å². The van der Waals surface area contributed by atoms with Gasteiger partial charge in [-0.3, -0.25) is 0 Å².